The van der Waals surface area contributed by atoms with Crippen molar-refractivity contribution in [3.63, 3.8) is 0 Å². The van der Waals surface area contributed by atoms with E-state index < -0.39 is 16.1 Å². The van der Waals surface area contributed by atoms with E-state index in [2.05, 4.69) is 26.0 Å². The molecule has 0 aliphatic heterocycles. The summed E-state index contributed by atoms with van der Waals surface area (Å²) in [6.45, 7) is 2.23. The minimum Gasteiger partial charge on any atom is -0.355 e. The molecule has 0 aromatic heterocycles. The molecule has 2 rings (SSSR count). The van der Waals surface area contributed by atoms with Crippen molar-refractivity contribution in [3.8, 4) is 0 Å². The van der Waals surface area contributed by atoms with Crippen molar-refractivity contribution >= 4 is 31.9 Å². The number of hydrogen-bond acceptors (Lipinski definition) is 3. The van der Waals surface area contributed by atoms with Crippen LogP contribution in [0.4, 0.5) is 0 Å². The van der Waals surface area contributed by atoms with Gasteiger partial charge in [0.2, 0.25) is 15.9 Å². The Morgan fingerprint density at radius 3 is 2.29 bits per heavy atom. The molecule has 0 radical (unpaired) electrons. The molecule has 5 nitrogen and oxygen atoms in total. The number of benzene rings is 2. The zero-order chi connectivity index (χ0) is 17.6. The maximum Gasteiger partial charge on any atom is 0.241 e. The molecule has 0 spiro atoms. The molecule has 0 heterocycles. The van der Waals surface area contributed by atoms with Crippen LogP contribution in [-0.4, -0.2) is 26.9 Å². The van der Waals surface area contributed by atoms with Gasteiger partial charge in [-0.05, 0) is 43.2 Å². The number of nitrogens with one attached hydrogen (secondary N) is 2. The summed E-state index contributed by atoms with van der Waals surface area (Å²) in [7, 11) is -3.79. The van der Waals surface area contributed by atoms with Crippen molar-refractivity contribution < 1.29 is 13.2 Å². The molecule has 0 saturated heterocycles. The molecule has 2 N–H and O–H groups in total. The summed E-state index contributed by atoms with van der Waals surface area (Å²) in [5, 5.41) is 2.68. The van der Waals surface area contributed by atoms with Crippen LogP contribution < -0.4 is 10.0 Å². The maximum absolute atomic E-state index is 12.5. The minimum absolute atomic E-state index is 0.119. The number of carbonyl (C=O) groups is 1. The van der Waals surface area contributed by atoms with Crippen molar-refractivity contribution in [2.24, 2.45) is 0 Å². The van der Waals surface area contributed by atoms with E-state index in [1.54, 1.807) is 19.1 Å². The number of likely N-dealkylation sites (N-methyl/N-ethyl adjacent to an activating group) is 1. The lowest BCUT2D eigenvalue weighted by Gasteiger charge is -2.18. The first-order chi connectivity index (χ1) is 11.4. The Morgan fingerprint density at radius 1 is 1.08 bits per heavy atom. The Balaban J connectivity index is 2.23. The van der Waals surface area contributed by atoms with Gasteiger partial charge < -0.3 is 5.32 Å². The van der Waals surface area contributed by atoms with Gasteiger partial charge >= 0.3 is 0 Å². The topological polar surface area (TPSA) is 75.3 Å². The lowest BCUT2D eigenvalue weighted by molar-refractivity contribution is -0.122. The molecule has 0 saturated carbocycles. The predicted octanol–water partition coefficient (Wildman–Crippen LogP) is 2.47. The standard InChI is InChI=1S/C17H19BrN2O3S/c1-2-19-17(21)16(12-13-6-4-3-5-7-13)20-24(22,23)15-10-8-14(18)9-11-15/h3-11,16,20H,2,12H2,1H3,(H,19,21). The highest BCUT2D eigenvalue weighted by Gasteiger charge is 2.25. The summed E-state index contributed by atoms with van der Waals surface area (Å²) in [6, 6.07) is 14.7. The van der Waals surface area contributed by atoms with Gasteiger partial charge in [0.05, 0.1) is 4.90 Å². The van der Waals surface area contributed by atoms with Crippen LogP contribution in [0.2, 0.25) is 0 Å². The zero-order valence-corrected chi connectivity index (χ0v) is 15.6. The second-order valence-electron chi connectivity index (χ2n) is 5.21. The number of sulfonamides is 1. The van der Waals surface area contributed by atoms with Crippen LogP contribution in [0.25, 0.3) is 0 Å². The Labute approximate surface area is 150 Å². The van der Waals surface area contributed by atoms with Gasteiger partial charge in [-0.3, -0.25) is 4.79 Å². The first-order valence-corrected chi connectivity index (χ1v) is 9.79. The van der Waals surface area contributed by atoms with Crippen molar-refractivity contribution in [2.45, 2.75) is 24.3 Å². The van der Waals surface area contributed by atoms with Crippen molar-refractivity contribution in [1.82, 2.24) is 10.0 Å². The molecule has 1 unspecified atom stereocenters. The molecule has 0 bridgehead atoms. The molecule has 0 aliphatic rings. The monoisotopic (exact) mass is 410 g/mol. The van der Waals surface area contributed by atoms with Crippen LogP contribution in [0.5, 0.6) is 0 Å². The Morgan fingerprint density at radius 2 is 1.71 bits per heavy atom. The molecular weight excluding hydrogens is 392 g/mol. The summed E-state index contributed by atoms with van der Waals surface area (Å²) in [4.78, 5) is 12.4. The van der Waals surface area contributed by atoms with Gasteiger partial charge in [-0.1, -0.05) is 46.3 Å². The van der Waals surface area contributed by atoms with E-state index in [-0.39, 0.29) is 17.2 Å². The van der Waals surface area contributed by atoms with Crippen LogP contribution in [0.1, 0.15) is 12.5 Å². The van der Waals surface area contributed by atoms with E-state index in [1.165, 1.54) is 12.1 Å². The average molecular weight is 411 g/mol. The molecule has 24 heavy (non-hydrogen) atoms. The van der Waals surface area contributed by atoms with Crippen LogP contribution in [0.3, 0.4) is 0 Å². The van der Waals surface area contributed by atoms with Crippen molar-refractivity contribution in [1.29, 1.82) is 0 Å². The van der Waals surface area contributed by atoms with E-state index in [0.717, 1.165) is 10.0 Å². The molecule has 0 fully saturated rings. The highest BCUT2D eigenvalue weighted by atomic mass is 79.9. The third-order valence-electron chi connectivity index (χ3n) is 3.37. The lowest BCUT2D eigenvalue weighted by atomic mass is 10.1. The fraction of sp³-hybridized carbons (Fsp3) is 0.235. The Kier molecular flexibility index (Phi) is 6.53. The fourth-order valence-corrected chi connectivity index (χ4v) is 3.66. The van der Waals surface area contributed by atoms with E-state index in [9.17, 15) is 13.2 Å². The van der Waals surface area contributed by atoms with Gasteiger partial charge in [0.1, 0.15) is 6.04 Å². The molecule has 1 amide bonds. The smallest absolute Gasteiger partial charge is 0.241 e. The molecule has 1 atom stereocenters. The van der Waals surface area contributed by atoms with Gasteiger partial charge in [0.25, 0.3) is 0 Å². The molecule has 2 aromatic carbocycles. The maximum atomic E-state index is 12.5. The summed E-state index contributed by atoms with van der Waals surface area (Å²) < 4.78 is 28.4. The van der Waals surface area contributed by atoms with Crippen LogP contribution >= 0.6 is 15.9 Å². The highest BCUT2D eigenvalue weighted by Crippen LogP contribution is 2.15. The summed E-state index contributed by atoms with van der Waals surface area (Å²) in [5.74, 6) is -0.345. The number of amides is 1. The normalized spacial score (nSPS) is 12.6. The van der Waals surface area contributed by atoms with Crippen molar-refractivity contribution in [2.75, 3.05) is 6.54 Å². The number of hydrogen-bond donors (Lipinski definition) is 2. The Hall–Kier alpha value is -1.70. The molecule has 2 aromatic rings. The zero-order valence-electron chi connectivity index (χ0n) is 13.2. The third-order valence-corrected chi connectivity index (χ3v) is 5.39. The minimum atomic E-state index is -3.79. The number of halogens is 1. The summed E-state index contributed by atoms with van der Waals surface area (Å²) in [5.41, 5.74) is 0.882. The van der Waals surface area contributed by atoms with Gasteiger partial charge in [0, 0.05) is 11.0 Å². The van der Waals surface area contributed by atoms with Gasteiger partial charge in [-0.15, -0.1) is 0 Å². The quantitative estimate of drug-likeness (QED) is 0.735. The van der Waals surface area contributed by atoms with Crippen molar-refractivity contribution in [3.05, 3.63) is 64.6 Å². The fourth-order valence-electron chi connectivity index (χ4n) is 2.20. The van der Waals surface area contributed by atoms with Crippen LogP contribution in [-0.2, 0) is 21.2 Å². The second-order valence-corrected chi connectivity index (χ2v) is 7.84. The molecular formula is C17H19BrN2O3S. The van der Waals surface area contributed by atoms with E-state index in [1.807, 2.05) is 30.3 Å². The first kappa shape index (κ1) is 18.6. The lowest BCUT2D eigenvalue weighted by Crippen LogP contribution is -2.47. The van der Waals surface area contributed by atoms with E-state index in [4.69, 9.17) is 0 Å². The molecule has 0 aliphatic carbocycles. The van der Waals surface area contributed by atoms with E-state index in [0.29, 0.717) is 6.54 Å². The summed E-state index contributed by atoms with van der Waals surface area (Å²) in [6.07, 6.45) is 0.280. The first-order valence-electron chi connectivity index (χ1n) is 7.52. The Bertz CT molecular complexity index is 777. The third kappa shape index (κ3) is 5.15. The predicted molar refractivity (Wildman–Crippen MR) is 97.1 cm³/mol. The van der Waals surface area contributed by atoms with Crippen LogP contribution in [0.15, 0.2) is 64.0 Å². The number of carbonyl (C=O) groups excluding carboxylic acids is 1. The molecule has 7 heteroatoms. The van der Waals surface area contributed by atoms with E-state index >= 15 is 0 Å². The highest BCUT2D eigenvalue weighted by molar-refractivity contribution is 9.10. The van der Waals surface area contributed by atoms with Crippen LogP contribution in [0, 0.1) is 0 Å². The largest absolute Gasteiger partial charge is 0.355 e. The second kappa shape index (κ2) is 8.41. The average Bonchev–Trinajstić information content (AvgIpc) is 2.55. The van der Waals surface area contributed by atoms with Gasteiger partial charge in [-0.25, -0.2) is 8.42 Å². The molecule has 128 valence electrons. The summed E-state index contributed by atoms with van der Waals surface area (Å²) >= 11 is 3.27. The van der Waals surface area contributed by atoms with Gasteiger partial charge in [0.15, 0.2) is 0 Å². The van der Waals surface area contributed by atoms with Gasteiger partial charge in [-0.2, -0.15) is 4.72 Å². The number of rotatable bonds is 7. The SMILES string of the molecule is CCNC(=O)C(Cc1ccccc1)NS(=O)(=O)c1ccc(Br)cc1.